The first-order valence-corrected chi connectivity index (χ1v) is 13.4. The average molecular weight is 518 g/mol. The summed E-state index contributed by atoms with van der Waals surface area (Å²) in [6.07, 6.45) is 3.30. The largest absolute Gasteiger partial charge is 0.493 e. The number of hydrogen-bond donors (Lipinski definition) is 1. The molecule has 1 N–H and O–H groups in total. The molecule has 0 aliphatic carbocycles. The molecule has 1 saturated heterocycles. The molecule has 1 fully saturated rings. The Labute approximate surface area is 215 Å². The number of fused-ring (bicyclic) bond motifs is 1. The number of hydrogen-bond acceptors (Lipinski definition) is 7. The van der Waals surface area contributed by atoms with Crippen LogP contribution < -0.4 is 14.4 Å². The Morgan fingerprint density at radius 3 is 2.43 bits per heavy atom. The molecule has 9 nitrogen and oxygen atoms in total. The number of sulfonamides is 1. The number of nitrogens with one attached hydrogen (secondary N) is 1. The van der Waals surface area contributed by atoms with Gasteiger partial charge in [-0.1, -0.05) is 18.2 Å². The van der Waals surface area contributed by atoms with Gasteiger partial charge in [0.2, 0.25) is 0 Å². The summed E-state index contributed by atoms with van der Waals surface area (Å²) in [5.74, 6) is 1.38. The first-order chi connectivity index (χ1) is 17.9. The highest BCUT2D eigenvalue weighted by molar-refractivity contribution is 7.93. The van der Waals surface area contributed by atoms with Crippen LogP contribution in [-0.4, -0.2) is 62.5 Å². The number of aromatic nitrogens is 2. The van der Waals surface area contributed by atoms with Crippen LogP contribution in [0.4, 0.5) is 11.5 Å². The number of carbonyl (C=O) groups excluding carboxylic acids is 1. The Balaban J connectivity index is 1.29. The van der Waals surface area contributed by atoms with E-state index in [1.165, 1.54) is 6.07 Å². The van der Waals surface area contributed by atoms with Crippen molar-refractivity contribution in [3.05, 3.63) is 84.2 Å². The number of rotatable bonds is 6. The lowest BCUT2D eigenvalue weighted by Gasteiger charge is -2.36. The van der Waals surface area contributed by atoms with Gasteiger partial charge in [-0.15, -0.1) is 0 Å². The third-order valence-electron chi connectivity index (χ3n) is 6.44. The Morgan fingerprint density at radius 1 is 0.946 bits per heavy atom. The lowest BCUT2D eigenvalue weighted by atomic mass is 10.1. The number of anilines is 2. The zero-order valence-electron chi connectivity index (χ0n) is 20.6. The Morgan fingerprint density at radius 2 is 1.68 bits per heavy atom. The molecule has 1 aliphatic rings. The molecule has 0 unspecified atom stereocenters. The minimum atomic E-state index is -3.88. The van der Waals surface area contributed by atoms with E-state index in [1.807, 2.05) is 24.3 Å². The molecule has 10 heteroatoms. The van der Waals surface area contributed by atoms with Crippen molar-refractivity contribution in [2.24, 2.45) is 0 Å². The molecular weight excluding hydrogens is 490 g/mol. The predicted molar refractivity (Wildman–Crippen MR) is 143 cm³/mol. The Kier molecular flexibility index (Phi) is 6.66. The molecule has 0 spiro atoms. The standard InChI is InChI=1S/C27H27N5O4S/c1-19-18-21(27(33)32-16-14-31(15-17-32)26-23(36-2)8-5-13-29-26)10-11-22(19)30-37(34,35)24-9-3-6-20-7-4-12-28-25(20)24/h3-13,18,30H,14-17H2,1-2H3. The molecule has 1 aliphatic heterocycles. The lowest BCUT2D eigenvalue weighted by molar-refractivity contribution is 0.0746. The molecule has 3 heterocycles. The van der Waals surface area contributed by atoms with Gasteiger partial charge in [-0.3, -0.25) is 14.5 Å². The highest BCUT2D eigenvalue weighted by Gasteiger charge is 2.25. The minimum absolute atomic E-state index is 0.0941. The molecular formula is C27H27N5O4S. The number of benzene rings is 2. The normalized spacial score (nSPS) is 14.0. The van der Waals surface area contributed by atoms with Crippen molar-refractivity contribution in [2.45, 2.75) is 11.8 Å². The molecule has 190 valence electrons. The third-order valence-corrected chi connectivity index (χ3v) is 7.84. The van der Waals surface area contributed by atoms with Gasteiger partial charge in [0.1, 0.15) is 4.90 Å². The van der Waals surface area contributed by atoms with Crippen LogP contribution in [-0.2, 0) is 10.0 Å². The van der Waals surface area contributed by atoms with E-state index in [4.69, 9.17) is 4.74 Å². The quantitative estimate of drug-likeness (QED) is 0.416. The maximum absolute atomic E-state index is 13.2. The number of methoxy groups -OCH3 is 1. The zero-order chi connectivity index (χ0) is 26.0. The lowest BCUT2D eigenvalue weighted by Crippen LogP contribution is -2.49. The first kappa shape index (κ1) is 24.5. The summed E-state index contributed by atoms with van der Waals surface area (Å²) >= 11 is 0. The molecule has 0 saturated carbocycles. The van der Waals surface area contributed by atoms with E-state index < -0.39 is 10.0 Å². The van der Waals surface area contributed by atoms with E-state index >= 15 is 0 Å². The zero-order valence-corrected chi connectivity index (χ0v) is 21.4. The van der Waals surface area contributed by atoms with Gasteiger partial charge in [0.15, 0.2) is 11.6 Å². The number of piperazine rings is 1. The summed E-state index contributed by atoms with van der Waals surface area (Å²) < 4.78 is 34.4. The molecule has 1 amide bonds. The van der Waals surface area contributed by atoms with Gasteiger partial charge in [0.05, 0.1) is 18.3 Å². The van der Waals surface area contributed by atoms with Crippen molar-refractivity contribution >= 4 is 38.3 Å². The minimum Gasteiger partial charge on any atom is -0.493 e. The van der Waals surface area contributed by atoms with Crippen molar-refractivity contribution in [1.82, 2.24) is 14.9 Å². The molecule has 4 aromatic rings. The highest BCUT2D eigenvalue weighted by atomic mass is 32.2. The van der Waals surface area contributed by atoms with Crippen LogP contribution in [0.1, 0.15) is 15.9 Å². The number of aryl methyl sites for hydroxylation is 1. The maximum Gasteiger partial charge on any atom is 0.264 e. The van der Waals surface area contributed by atoms with Gasteiger partial charge >= 0.3 is 0 Å². The number of nitrogens with zero attached hydrogens (tertiary/aromatic N) is 4. The number of ether oxygens (including phenoxy) is 1. The molecule has 0 radical (unpaired) electrons. The monoisotopic (exact) mass is 517 g/mol. The van der Waals surface area contributed by atoms with Crippen LogP contribution in [0.2, 0.25) is 0 Å². The number of amides is 1. The third kappa shape index (κ3) is 4.92. The molecule has 0 bridgehead atoms. The SMILES string of the molecule is COc1cccnc1N1CCN(C(=O)c2ccc(NS(=O)(=O)c3cccc4cccnc34)c(C)c2)CC1. The predicted octanol–water partition coefficient (Wildman–Crippen LogP) is 3.71. The van der Waals surface area contributed by atoms with Crippen molar-refractivity contribution in [2.75, 3.05) is 42.9 Å². The number of carbonyl (C=O) groups is 1. The molecule has 5 rings (SSSR count). The van der Waals surface area contributed by atoms with E-state index in [9.17, 15) is 13.2 Å². The van der Waals surface area contributed by atoms with Crippen molar-refractivity contribution < 1.29 is 17.9 Å². The van der Waals surface area contributed by atoms with Gasteiger partial charge in [-0.2, -0.15) is 0 Å². The molecule has 37 heavy (non-hydrogen) atoms. The summed E-state index contributed by atoms with van der Waals surface area (Å²) in [7, 11) is -2.27. The van der Waals surface area contributed by atoms with E-state index in [0.717, 1.165) is 11.2 Å². The fourth-order valence-electron chi connectivity index (χ4n) is 4.49. The first-order valence-electron chi connectivity index (χ1n) is 11.9. The Hall–Kier alpha value is -4.18. The highest BCUT2D eigenvalue weighted by Crippen LogP contribution is 2.27. The average Bonchev–Trinajstić information content (AvgIpc) is 2.93. The summed E-state index contributed by atoms with van der Waals surface area (Å²) in [4.78, 5) is 25.9. The Bertz CT molecular complexity index is 1560. The second kappa shape index (κ2) is 10.1. The fourth-order valence-corrected chi connectivity index (χ4v) is 5.80. The van der Waals surface area contributed by atoms with Crippen LogP contribution in [0.15, 0.2) is 78.0 Å². The van der Waals surface area contributed by atoms with Crippen molar-refractivity contribution in [3.8, 4) is 5.75 Å². The van der Waals surface area contributed by atoms with Gasteiger partial charge < -0.3 is 14.5 Å². The number of pyridine rings is 2. The van der Waals surface area contributed by atoms with E-state index in [1.54, 1.807) is 61.7 Å². The second-order valence-corrected chi connectivity index (χ2v) is 10.4. The molecule has 0 atom stereocenters. The van der Waals surface area contributed by atoms with E-state index in [0.29, 0.717) is 54.3 Å². The van der Waals surface area contributed by atoms with Crippen LogP contribution >= 0.6 is 0 Å². The molecule has 2 aromatic heterocycles. The van der Waals surface area contributed by atoms with Crippen molar-refractivity contribution in [1.29, 1.82) is 0 Å². The summed E-state index contributed by atoms with van der Waals surface area (Å²) in [5.41, 5.74) is 1.98. The summed E-state index contributed by atoms with van der Waals surface area (Å²) in [6.45, 7) is 4.13. The van der Waals surface area contributed by atoms with Gasteiger partial charge in [-0.05, 0) is 55.0 Å². The van der Waals surface area contributed by atoms with Gasteiger partial charge in [0.25, 0.3) is 15.9 Å². The van der Waals surface area contributed by atoms with Gasteiger partial charge in [0, 0.05) is 49.5 Å². The van der Waals surface area contributed by atoms with E-state index in [-0.39, 0.29) is 10.8 Å². The van der Waals surface area contributed by atoms with Crippen LogP contribution in [0, 0.1) is 6.92 Å². The number of para-hydroxylation sites is 1. The second-order valence-electron chi connectivity index (χ2n) is 8.77. The van der Waals surface area contributed by atoms with Gasteiger partial charge in [-0.25, -0.2) is 13.4 Å². The fraction of sp³-hybridized carbons (Fsp3) is 0.222. The van der Waals surface area contributed by atoms with Crippen molar-refractivity contribution in [3.63, 3.8) is 0 Å². The van der Waals surface area contributed by atoms with Crippen LogP contribution in [0.5, 0.6) is 5.75 Å². The molecule has 2 aromatic carbocycles. The summed E-state index contributed by atoms with van der Waals surface area (Å²) in [5, 5.41) is 0.740. The maximum atomic E-state index is 13.2. The van der Waals surface area contributed by atoms with Crippen LogP contribution in [0.3, 0.4) is 0 Å². The van der Waals surface area contributed by atoms with E-state index in [2.05, 4.69) is 19.6 Å². The topological polar surface area (TPSA) is 105 Å². The summed E-state index contributed by atoms with van der Waals surface area (Å²) in [6, 6.07) is 17.3. The van der Waals surface area contributed by atoms with Crippen LogP contribution in [0.25, 0.3) is 10.9 Å². The smallest absolute Gasteiger partial charge is 0.264 e.